The Bertz CT molecular complexity index is 733. The number of rotatable bonds is 4. The van der Waals surface area contributed by atoms with Crippen LogP contribution in [-0.4, -0.2) is 28.7 Å². The molecule has 1 aliphatic heterocycles. The molecule has 7 nitrogen and oxygen atoms in total. The standard InChI is InChI=1S/C16H15N3O4/c1-3-8-23-13-7-5-4-6-11(13)14-12(9-17)10(2)18-15(20)19(14)16(21)22/h3-7,14H,1,8H2,2H3,(H,18,20)(H,21,22). The number of nitrogens with zero attached hydrogens (tertiary/aromatic N) is 2. The predicted molar refractivity (Wildman–Crippen MR) is 81.6 cm³/mol. The normalized spacial score (nSPS) is 17.3. The first-order valence-corrected chi connectivity index (χ1v) is 6.77. The summed E-state index contributed by atoms with van der Waals surface area (Å²) in [5.74, 6) is 0.388. The molecule has 0 aromatic heterocycles. The number of urea groups is 1. The lowest BCUT2D eigenvalue weighted by Gasteiger charge is -2.33. The van der Waals surface area contributed by atoms with Gasteiger partial charge in [-0.2, -0.15) is 5.26 Å². The van der Waals surface area contributed by atoms with Crippen LogP contribution in [0.3, 0.4) is 0 Å². The second-order valence-corrected chi connectivity index (χ2v) is 4.77. The Morgan fingerprint density at radius 1 is 1.57 bits per heavy atom. The molecule has 0 bridgehead atoms. The Hall–Kier alpha value is -3.27. The summed E-state index contributed by atoms with van der Waals surface area (Å²) in [4.78, 5) is 24.2. The SMILES string of the molecule is C=CCOc1ccccc1C1C(C#N)=C(C)NC(=O)N1C(=O)O. The van der Waals surface area contributed by atoms with Crippen LogP contribution in [0.15, 0.2) is 48.2 Å². The van der Waals surface area contributed by atoms with Crippen LogP contribution in [0.25, 0.3) is 0 Å². The smallest absolute Gasteiger partial charge is 0.416 e. The van der Waals surface area contributed by atoms with Gasteiger partial charge in [-0.3, -0.25) is 0 Å². The van der Waals surface area contributed by atoms with Crippen LogP contribution in [0.5, 0.6) is 5.75 Å². The molecule has 2 rings (SSSR count). The number of hydrogen-bond donors (Lipinski definition) is 2. The van der Waals surface area contributed by atoms with E-state index in [0.29, 0.717) is 21.9 Å². The fourth-order valence-electron chi connectivity index (χ4n) is 2.36. The van der Waals surface area contributed by atoms with E-state index < -0.39 is 18.2 Å². The maximum atomic E-state index is 12.1. The number of benzene rings is 1. The molecular formula is C16H15N3O4. The molecule has 1 aromatic rings. The van der Waals surface area contributed by atoms with E-state index in [4.69, 9.17) is 4.74 Å². The second kappa shape index (κ2) is 6.66. The number of nitrogens with one attached hydrogen (secondary N) is 1. The van der Waals surface area contributed by atoms with Gasteiger partial charge in [0.2, 0.25) is 0 Å². The molecule has 1 atom stereocenters. The number of carbonyl (C=O) groups excluding carboxylic acids is 1. The quantitative estimate of drug-likeness (QED) is 0.832. The first-order valence-electron chi connectivity index (χ1n) is 6.77. The maximum Gasteiger partial charge on any atom is 0.416 e. The molecule has 1 heterocycles. The third kappa shape index (κ3) is 3.01. The number of nitriles is 1. The summed E-state index contributed by atoms with van der Waals surface area (Å²) < 4.78 is 5.53. The van der Waals surface area contributed by atoms with Crippen LogP contribution in [0.2, 0.25) is 0 Å². The minimum absolute atomic E-state index is 0.140. The molecule has 7 heteroatoms. The summed E-state index contributed by atoms with van der Waals surface area (Å²) in [6.07, 6.45) is 0.0947. The second-order valence-electron chi connectivity index (χ2n) is 4.77. The van der Waals surface area contributed by atoms with Gasteiger partial charge in [-0.1, -0.05) is 30.9 Å². The van der Waals surface area contributed by atoms with E-state index in [1.165, 1.54) is 0 Å². The number of allylic oxidation sites excluding steroid dienone is 1. The molecule has 0 radical (unpaired) electrons. The third-order valence-corrected chi connectivity index (χ3v) is 3.35. The summed E-state index contributed by atoms with van der Waals surface area (Å²) in [6, 6.07) is 6.79. The van der Waals surface area contributed by atoms with Crippen LogP contribution in [0, 0.1) is 11.3 Å². The van der Waals surface area contributed by atoms with Gasteiger partial charge in [-0.15, -0.1) is 0 Å². The van der Waals surface area contributed by atoms with E-state index in [0.717, 1.165) is 0 Å². The average Bonchev–Trinajstić information content (AvgIpc) is 2.52. The molecular weight excluding hydrogens is 298 g/mol. The van der Waals surface area contributed by atoms with Crippen LogP contribution < -0.4 is 10.1 Å². The van der Waals surface area contributed by atoms with Crippen molar-refractivity contribution in [1.29, 1.82) is 5.26 Å². The lowest BCUT2D eigenvalue weighted by molar-refractivity contribution is 0.135. The Morgan fingerprint density at radius 2 is 2.26 bits per heavy atom. The molecule has 1 aliphatic rings. The van der Waals surface area contributed by atoms with Crippen molar-refractivity contribution in [3.8, 4) is 11.8 Å². The molecule has 0 spiro atoms. The molecule has 1 aromatic carbocycles. The zero-order chi connectivity index (χ0) is 17.0. The van der Waals surface area contributed by atoms with E-state index >= 15 is 0 Å². The molecule has 0 fully saturated rings. The van der Waals surface area contributed by atoms with Crippen LogP contribution in [0.1, 0.15) is 18.5 Å². The zero-order valence-corrected chi connectivity index (χ0v) is 12.4. The lowest BCUT2D eigenvalue weighted by Crippen LogP contribution is -2.49. The van der Waals surface area contributed by atoms with Crippen molar-refractivity contribution in [2.75, 3.05) is 6.61 Å². The number of amides is 3. The highest BCUT2D eigenvalue weighted by Crippen LogP contribution is 2.37. The monoisotopic (exact) mass is 313 g/mol. The Morgan fingerprint density at radius 3 is 2.87 bits per heavy atom. The number of carbonyl (C=O) groups is 2. The van der Waals surface area contributed by atoms with E-state index in [-0.39, 0.29) is 12.2 Å². The van der Waals surface area contributed by atoms with E-state index in [1.54, 1.807) is 37.3 Å². The summed E-state index contributed by atoms with van der Waals surface area (Å²) in [7, 11) is 0. The Balaban J connectivity index is 2.62. The highest BCUT2D eigenvalue weighted by Gasteiger charge is 2.40. The number of para-hydroxylation sites is 1. The van der Waals surface area contributed by atoms with E-state index in [9.17, 15) is 20.0 Å². The van der Waals surface area contributed by atoms with Gasteiger partial charge >= 0.3 is 12.1 Å². The minimum Gasteiger partial charge on any atom is -0.489 e. The van der Waals surface area contributed by atoms with Crippen molar-refractivity contribution in [3.63, 3.8) is 0 Å². The highest BCUT2D eigenvalue weighted by atomic mass is 16.5. The van der Waals surface area contributed by atoms with Crippen molar-refractivity contribution in [3.05, 3.63) is 53.8 Å². The van der Waals surface area contributed by atoms with Gasteiger partial charge in [-0.25, -0.2) is 14.5 Å². The van der Waals surface area contributed by atoms with Gasteiger partial charge in [0, 0.05) is 11.3 Å². The summed E-state index contributed by atoms with van der Waals surface area (Å²) in [6.45, 7) is 5.33. The maximum absolute atomic E-state index is 12.1. The molecule has 2 N–H and O–H groups in total. The Kier molecular flexibility index (Phi) is 4.66. The molecule has 23 heavy (non-hydrogen) atoms. The summed E-state index contributed by atoms with van der Waals surface area (Å²) >= 11 is 0. The van der Waals surface area contributed by atoms with Gasteiger partial charge in [0.1, 0.15) is 18.4 Å². The summed E-state index contributed by atoms with van der Waals surface area (Å²) in [5.41, 5.74) is 0.877. The fourth-order valence-corrected chi connectivity index (χ4v) is 2.36. The van der Waals surface area contributed by atoms with Crippen molar-refractivity contribution in [2.45, 2.75) is 13.0 Å². The predicted octanol–water partition coefficient (Wildman–Crippen LogP) is 2.79. The number of carboxylic acid groups (broad SMARTS) is 1. The van der Waals surface area contributed by atoms with Gasteiger partial charge < -0.3 is 15.2 Å². The van der Waals surface area contributed by atoms with Gasteiger partial charge in [0.15, 0.2) is 0 Å². The highest BCUT2D eigenvalue weighted by molar-refractivity contribution is 5.93. The Labute approximate surface area is 133 Å². The van der Waals surface area contributed by atoms with Crippen molar-refractivity contribution in [1.82, 2.24) is 10.2 Å². The first-order chi connectivity index (χ1) is 11.0. The molecule has 0 saturated heterocycles. The third-order valence-electron chi connectivity index (χ3n) is 3.35. The van der Waals surface area contributed by atoms with Gasteiger partial charge in [0.25, 0.3) is 0 Å². The topological polar surface area (TPSA) is 103 Å². The number of imide groups is 1. The number of ether oxygens (including phenoxy) is 1. The average molecular weight is 313 g/mol. The van der Waals surface area contributed by atoms with Crippen molar-refractivity contribution >= 4 is 12.1 Å². The van der Waals surface area contributed by atoms with E-state index in [2.05, 4.69) is 11.9 Å². The number of hydrogen-bond acceptors (Lipinski definition) is 4. The molecule has 1 unspecified atom stereocenters. The van der Waals surface area contributed by atoms with Crippen LogP contribution in [-0.2, 0) is 0 Å². The van der Waals surface area contributed by atoms with Gasteiger partial charge in [-0.05, 0) is 13.0 Å². The zero-order valence-electron chi connectivity index (χ0n) is 12.4. The molecule has 118 valence electrons. The van der Waals surface area contributed by atoms with Crippen molar-refractivity contribution in [2.24, 2.45) is 0 Å². The first kappa shape index (κ1) is 16.1. The van der Waals surface area contributed by atoms with Crippen LogP contribution in [0.4, 0.5) is 9.59 Å². The summed E-state index contributed by atoms with van der Waals surface area (Å²) in [5, 5.41) is 21.2. The molecule has 0 aliphatic carbocycles. The molecule has 0 saturated carbocycles. The van der Waals surface area contributed by atoms with E-state index in [1.807, 2.05) is 6.07 Å². The lowest BCUT2D eigenvalue weighted by atomic mass is 9.94. The fraction of sp³-hybridized carbons (Fsp3) is 0.188. The van der Waals surface area contributed by atoms with Gasteiger partial charge in [0.05, 0.1) is 11.6 Å². The van der Waals surface area contributed by atoms with Crippen LogP contribution >= 0.6 is 0 Å². The largest absolute Gasteiger partial charge is 0.489 e. The minimum atomic E-state index is -1.45. The molecule has 3 amide bonds. The van der Waals surface area contributed by atoms with Crippen molar-refractivity contribution < 1.29 is 19.4 Å².